The van der Waals surface area contributed by atoms with E-state index < -0.39 is 147 Å². The SMILES string of the molecule is COC(=O)[C@H](O)[C@H]1[C@]2(C)C[C@]3(O)[C@@](O)([C@@H](OC(=O)C(C)C)[C@]45OC6(C)O[C@H]([C@H](OC(C)=O)[C@]78C[C@@]74[C@@H](OC(C)=O)C(=O)O[C@H]8c4ccoc4)[C@]5(O6)[C@]13C)[C@H]2OC(C)=O. The van der Waals surface area contributed by atoms with Crippen LogP contribution in [0.15, 0.2) is 23.0 Å². The molecule has 17 atom stereocenters. The fourth-order valence-corrected chi connectivity index (χ4v) is 14.1. The van der Waals surface area contributed by atoms with Crippen molar-refractivity contribution in [2.45, 2.75) is 139 Å². The predicted octanol–water partition coefficient (Wildman–Crippen LogP) is 0.283. The largest absolute Gasteiger partial charge is 0.472 e. The van der Waals surface area contributed by atoms with E-state index in [-0.39, 0.29) is 12.0 Å². The first-order valence-electron chi connectivity index (χ1n) is 19.2. The van der Waals surface area contributed by atoms with Crippen LogP contribution in [0, 0.1) is 33.5 Å². The summed E-state index contributed by atoms with van der Waals surface area (Å²) < 4.78 is 61.9. The summed E-state index contributed by atoms with van der Waals surface area (Å²) in [5, 5.41) is 39.8. The number of hydrogen-bond acceptors (Lipinski definition) is 19. The lowest BCUT2D eigenvalue weighted by Crippen LogP contribution is -2.97. The van der Waals surface area contributed by atoms with Gasteiger partial charge in [0.05, 0.1) is 36.4 Å². The highest BCUT2D eigenvalue weighted by Gasteiger charge is 3.11. The van der Waals surface area contributed by atoms with Crippen LogP contribution in [0.2, 0.25) is 0 Å². The molecule has 0 radical (unpaired) electrons. The number of aliphatic hydroxyl groups excluding tert-OH is 1. The molecule has 0 amide bonds. The van der Waals surface area contributed by atoms with E-state index in [0.29, 0.717) is 0 Å². The molecule has 3 N–H and O–H groups in total. The number of carbonyl (C=O) groups is 6. The van der Waals surface area contributed by atoms with Crippen molar-refractivity contribution in [3.8, 4) is 0 Å². The first-order valence-corrected chi connectivity index (χ1v) is 19.2. The molecule has 1 unspecified atom stereocenters. The lowest BCUT2D eigenvalue weighted by molar-refractivity contribution is -0.455. The average Bonchev–Trinajstić information content (AvgIpc) is 3.49. The van der Waals surface area contributed by atoms with Crippen LogP contribution in [0.1, 0.15) is 79.9 Å². The molecule has 8 aliphatic rings. The van der Waals surface area contributed by atoms with Crippen LogP contribution < -0.4 is 0 Å². The maximum absolute atomic E-state index is 14.7. The Balaban J connectivity index is 1.47. The van der Waals surface area contributed by atoms with Crippen molar-refractivity contribution in [1.29, 1.82) is 0 Å². The Labute approximate surface area is 330 Å². The molecule has 1 aromatic heterocycles. The summed E-state index contributed by atoms with van der Waals surface area (Å²) in [6, 6.07) is 1.50. The summed E-state index contributed by atoms with van der Waals surface area (Å²) >= 11 is 0. The number of methoxy groups -OCH3 is 1. The Bertz CT molecular complexity index is 2070. The molecule has 316 valence electrons. The van der Waals surface area contributed by atoms with E-state index in [1.54, 1.807) is 0 Å². The van der Waals surface area contributed by atoms with Crippen LogP contribution in [0.3, 0.4) is 0 Å². The number of carbonyl (C=O) groups excluding carboxylic acids is 6. The Kier molecular flexibility index (Phi) is 7.57. The number of fused-ring (bicyclic) bond motifs is 2. The van der Waals surface area contributed by atoms with Gasteiger partial charge in [-0.05, 0) is 18.9 Å². The predicted molar refractivity (Wildman–Crippen MR) is 182 cm³/mol. The van der Waals surface area contributed by atoms with Crippen LogP contribution in [-0.4, -0.2) is 123 Å². The number of rotatable bonds is 8. The number of cyclic esters (lactones) is 1. The second kappa shape index (κ2) is 11.2. The number of furan rings is 1. The minimum atomic E-state index is -2.93. The normalized spacial score (nSPS) is 51.1. The first-order chi connectivity index (χ1) is 26.9. The number of esters is 6. The van der Waals surface area contributed by atoms with Gasteiger partial charge in [0.2, 0.25) is 6.10 Å². The minimum absolute atomic E-state index is 0.264. The van der Waals surface area contributed by atoms with Gasteiger partial charge in [-0.2, -0.15) is 0 Å². The van der Waals surface area contributed by atoms with Gasteiger partial charge in [0, 0.05) is 50.0 Å². The summed E-state index contributed by atoms with van der Waals surface area (Å²) in [6.07, 6.45) is -11.0. The van der Waals surface area contributed by atoms with Crippen molar-refractivity contribution in [1.82, 2.24) is 0 Å². The third kappa shape index (κ3) is 3.72. The zero-order valence-electron chi connectivity index (χ0n) is 33.2. The van der Waals surface area contributed by atoms with Gasteiger partial charge in [-0.15, -0.1) is 0 Å². The fraction of sp³-hybridized carbons (Fsp3) is 0.744. The van der Waals surface area contributed by atoms with Crippen LogP contribution in [-0.2, 0) is 71.4 Å². The van der Waals surface area contributed by atoms with Gasteiger partial charge in [-0.3, -0.25) is 19.2 Å². The monoisotopic (exact) mass is 818 g/mol. The van der Waals surface area contributed by atoms with E-state index in [2.05, 4.69) is 0 Å². The minimum Gasteiger partial charge on any atom is -0.472 e. The molecule has 19 nitrogen and oxygen atoms in total. The summed E-state index contributed by atoms with van der Waals surface area (Å²) in [5.41, 5.74) is -18.2. The Morgan fingerprint density at radius 3 is 2.07 bits per heavy atom. The molecule has 4 heterocycles. The quantitative estimate of drug-likeness (QED) is 0.235. The smallest absolute Gasteiger partial charge is 0.348 e. The van der Waals surface area contributed by atoms with E-state index in [0.717, 1.165) is 27.9 Å². The van der Waals surface area contributed by atoms with Gasteiger partial charge in [0.15, 0.2) is 23.4 Å². The molecular weight excluding hydrogens is 772 g/mol. The summed E-state index contributed by atoms with van der Waals surface area (Å²) in [5.74, 6) is -10.8. The summed E-state index contributed by atoms with van der Waals surface area (Å²) in [6.45, 7) is 10.5. The lowest BCUT2D eigenvalue weighted by Gasteiger charge is -2.76. The van der Waals surface area contributed by atoms with Crippen molar-refractivity contribution in [3.05, 3.63) is 24.2 Å². The molecule has 19 heteroatoms. The average molecular weight is 819 g/mol. The van der Waals surface area contributed by atoms with Crippen molar-refractivity contribution in [3.63, 3.8) is 0 Å². The van der Waals surface area contributed by atoms with E-state index >= 15 is 0 Å². The first kappa shape index (κ1) is 39.3. The van der Waals surface area contributed by atoms with Gasteiger partial charge >= 0.3 is 35.8 Å². The van der Waals surface area contributed by atoms with Crippen LogP contribution >= 0.6 is 0 Å². The summed E-state index contributed by atoms with van der Waals surface area (Å²) in [7, 11) is 1.03. The van der Waals surface area contributed by atoms with Crippen molar-refractivity contribution in [2.24, 2.45) is 33.5 Å². The third-order valence-electron chi connectivity index (χ3n) is 15.3. The molecule has 3 saturated heterocycles. The zero-order chi connectivity index (χ0) is 42.3. The molecule has 5 aliphatic carbocycles. The zero-order valence-corrected chi connectivity index (χ0v) is 33.2. The topological polar surface area (TPSA) is 259 Å². The second-order valence-corrected chi connectivity index (χ2v) is 18.1. The van der Waals surface area contributed by atoms with Gasteiger partial charge in [0.25, 0.3) is 5.97 Å². The fourth-order valence-electron chi connectivity index (χ4n) is 14.1. The van der Waals surface area contributed by atoms with E-state index in [1.807, 2.05) is 0 Å². The highest BCUT2D eigenvalue weighted by molar-refractivity contribution is 5.85. The molecule has 1 aromatic rings. The molecule has 5 saturated carbocycles. The van der Waals surface area contributed by atoms with Crippen LogP contribution in [0.4, 0.5) is 0 Å². The molecule has 1 spiro atoms. The third-order valence-corrected chi connectivity index (χ3v) is 15.3. The van der Waals surface area contributed by atoms with Crippen LogP contribution in [0.5, 0.6) is 0 Å². The molecule has 8 fully saturated rings. The molecule has 9 rings (SSSR count). The van der Waals surface area contributed by atoms with Gasteiger partial charge < -0.3 is 62.4 Å². The standard InChI is InChI=1S/C39H46O19/c1-15(2)26(44)55-30-37(48)29(53-18(5)42)31(6)13-36(37,47)32(7,21(31)20(43)27(45)49-9)38-24-23(51-16(3)40)34-14-35(34,39(30,38)58-33(8,56-24)57-38)25(52-17(4)41)28(46)54-22(34)19-10-11-50-12-19/h10-12,15,20-25,29-30,43,47-48H,13-14H2,1-9H3/t20-,21+,22+,23+,24-,25+,29+,30-,31+,32-,33?,34-,35-,36-,37+,38+,39+/m1/s1. The maximum atomic E-state index is 14.7. The number of hydrogen-bond donors (Lipinski definition) is 3. The highest BCUT2D eigenvalue weighted by Crippen LogP contribution is 2.95. The molecule has 4 bridgehead atoms. The van der Waals surface area contributed by atoms with E-state index in [4.69, 9.17) is 47.0 Å². The lowest BCUT2D eigenvalue weighted by atomic mass is 9.33. The van der Waals surface area contributed by atoms with Crippen molar-refractivity contribution in [2.75, 3.05) is 7.11 Å². The highest BCUT2D eigenvalue weighted by atomic mass is 17.0. The molecular formula is C39H46O19. The Morgan fingerprint density at radius 1 is 0.862 bits per heavy atom. The Hall–Kier alpha value is -4.14. The van der Waals surface area contributed by atoms with Crippen molar-refractivity contribution >= 4 is 35.8 Å². The Morgan fingerprint density at radius 2 is 1.50 bits per heavy atom. The maximum Gasteiger partial charge on any atom is 0.348 e. The summed E-state index contributed by atoms with van der Waals surface area (Å²) in [4.78, 5) is 82.1. The molecule has 58 heavy (non-hydrogen) atoms. The van der Waals surface area contributed by atoms with Gasteiger partial charge in [-0.25, -0.2) is 9.59 Å². The van der Waals surface area contributed by atoms with Crippen molar-refractivity contribution < 1.29 is 91.1 Å². The van der Waals surface area contributed by atoms with E-state index in [9.17, 15) is 44.1 Å². The van der Waals surface area contributed by atoms with Gasteiger partial charge in [-0.1, -0.05) is 27.7 Å². The van der Waals surface area contributed by atoms with E-state index in [1.165, 1.54) is 53.2 Å². The second-order valence-electron chi connectivity index (χ2n) is 18.1. The van der Waals surface area contributed by atoms with Gasteiger partial charge in [0.1, 0.15) is 35.6 Å². The molecule has 3 aliphatic heterocycles. The number of aliphatic hydroxyl groups is 3. The van der Waals surface area contributed by atoms with Crippen LogP contribution in [0.25, 0.3) is 0 Å². The number of ether oxygens (including phenoxy) is 9. The molecule has 0 aromatic carbocycles.